The zero-order chi connectivity index (χ0) is 21.5. The monoisotopic (exact) mass is 444 g/mol. The summed E-state index contributed by atoms with van der Waals surface area (Å²) in [6.45, 7) is 3.97. The van der Waals surface area contributed by atoms with Gasteiger partial charge >= 0.3 is 0 Å². The minimum Gasteiger partial charge on any atom is -0.355 e. The molecular weight excluding hydrogens is 424 g/mol. The number of rotatable bonds is 6. The molecule has 0 atom stereocenters. The number of piperazine rings is 1. The molecule has 0 saturated carbocycles. The van der Waals surface area contributed by atoms with E-state index in [9.17, 15) is 20.2 Å². The molecule has 0 bridgehead atoms. The van der Waals surface area contributed by atoms with Crippen LogP contribution in [0.15, 0.2) is 59.5 Å². The third kappa shape index (κ3) is 5.85. The fourth-order valence-corrected chi connectivity index (χ4v) is 4.35. The van der Waals surface area contributed by atoms with Crippen molar-refractivity contribution in [1.29, 1.82) is 0 Å². The van der Waals surface area contributed by atoms with E-state index in [1.165, 1.54) is 17.7 Å². The molecule has 2 aromatic rings. The second-order valence-corrected chi connectivity index (χ2v) is 8.31. The zero-order valence-corrected chi connectivity index (χ0v) is 17.7. The number of hydrogen-bond acceptors (Lipinski definition) is 7. The molecule has 0 amide bonds. The molecule has 156 valence electrons. The number of thiocarbonyl (C=S) groups is 1. The first-order valence-corrected chi connectivity index (χ1v) is 10.5. The van der Waals surface area contributed by atoms with E-state index in [2.05, 4.69) is 29.2 Å². The summed E-state index contributed by atoms with van der Waals surface area (Å²) in [6, 6.07) is 13.7. The summed E-state index contributed by atoms with van der Waals surface area (Å²) in [4.78, 5) is 25.6. The summed E-state index contributed by atoms with van der Waals surface area (Å²) in [5.41, 5.74) is 0.550. The quantitative estimate of drug-likeness (QED) is 0.283. The van der Waals surface area contributed by atoms with E-state index in [0.717, 1.165) is 50.6 Å². The second-order valence-electron chi connectivity index (χ2n) is 6.63. The SMILES string of the molecule is O=[N+]([O-])c1ccc(SC(=S)N2CCN(CC=Cc3ccccc3)CC2)c([N+](=O)[O-])c1. The Balaban J connectivity index is 1.54. The maximum atomic E-state index is 11.3. The van der Waals surface area contributed by atoms with E-state index in [0.29, 0.717) is 9.22 Å². The topological polar surface area (TPSA) is 92.8 Å². The first-order valence-electron chi connectivity index (χ1n) is 9.27. The average molecular weight is 445 g/mol. The number of nitro groups is 2. The standard InChI is InChI=1S/C20H20N4O4S2/c25-23(26)17-8-9-19(18(15-17)24(27)28)30-20(29)22-13-11-21(12-14-22)10-4-7-16-5-2-1-3-6-16/h1-9,15H,10-14H2. The van der Waals surface area contributed by atoms with Crippen molar-refractivity contribution in [2.45, 2.75) is 4.90 Å². The van der Waals surface area contributed by atoms with Gasteiger partial charge in [-0.15, -0.1) is 0 Å². The molecule has 0 spiro atoms. The highest BCUT2D eigenvalue weighted by Gasteiger charge is 2.24. The lowest BCUT2D eigenvalue weighted by Crippen LogP contribution is -2.47. The van der Waals surface area contributed by atoms with Crippen LogP contribution >= 0.6 is 24.0 Å². The predicted molar refractivity (Wildman–Crippen MR) is 122 cm³/mol. The molecule has 10 heteroatoms. The van der Waals surface area contributed by atoms with Crippen LogP contribution in [0, 0.1) is 20.2 Å². The Morgan fingerprint density at radius 1 is 1.03 bits per heavy atom. The largest absolute Gasteiger partial charge is 0.355 e. The molecule has 2 aromatic carbocycles. The Hall–Kier alpha value is -2.82. The Morgan fingerprint density at radius 3 is 2.37 bits per heavy atom. The molecule has 1 fully saturated rings. The van der Waals surface area contributed by atoms with Gasteiger partial charge in [-0.25, -0.2) is 0 Å². The van der Waals surface area contributed by atoms with Crippen molar-refractivity contribution in [3.8, 4) is 0 Å². The van der Waals surface area contributed by atoms with Crippen LogP contribution in [0.5, 0.6) is 0 Å². The summed E-state index contributed by atoms with van der Waals surface area (Å²) in [5, 5.41) is 22.2. The van der Waals surface area contributed by atoms with Gasteiger partial charge in [-0.1, -0.05) is 66.5 Å². The second kappa shape index (κ2) is 10.3. The molecule has 30 heavy (non-hydrogen) atoms. The van der Waals surface area contributed by atoms with Crippen molar-refractivity contribution in [3.05, 3.63) is 80.4 Å². The molecule has 1 aliphatic heterocycles. The predicted octanol–water partition coefficient (Wildman–Crippen LogP) is 4.21. The Labute approximate surface area is 183 Å². The summed E-state index contributed by atoms with van der Waals surface area (Å²) in [7, 11) is 0. The van der Waals surface area contributed by atoms with Crippen LogP contribution in [0.3, 0.4) is 0 Å². The van der Waals surface area contributed by atoms with Crippen LogP contribution in [0.1, 0.15) is 5.56 Å². The van der Waals surface area contributed by atoms with Gasteiger partial charge in [0.1, 0.15) is 4.32 Å². The first kappa shape index (κ1) is 21.9. The van der Waals surface area contributed by atoms with Gasteiger partial charge in [0, 0.05) is 38.8 Å². The maximum absolute atomic E-state index is 11.3. The highest BCUT2D eigenvalue weighted by atomic mass is 32.2. The van der Waals surface area contributed by atoms with Crippen LogP contribution in [-0.2, 0) is 0 Å². The molecule has 1 heterocycles. The minimum atomic E-state index is -0.648. The van der Waals surface area contributed by atoms with Crippen molar-refractivity contribution in [1.82, 2.24) is 9.80 Å². The molecule has 0 unspecified atom stereocenters. The van der Waals surface area contributed by atoms with Gasteiger partial charge in [-0.2, -0.15) is 0 Å². The lowest BCUT2D eigenvalue weighted by atomic mass is 10.2. The van der Waals surface area contributed by atoms with Crippen molar-refractivity contribution in [2.75, 3.05) is 32.7 Å². The zero-order valence-electron chi connectivity index (χ0n) is 16.0. The van der Waals surface area contributed by atoms with E-state index >= 15 is 0 Å². The van der Waals surface area contributed by atoms with Crippen LogP contribution < -0.4 is 0 Å². The summed E-state index contributed by atoms with van der Waals surface area (Å²) >= 11 is 6.58. The van der Waals surface area contributed by atoms with Gasteiger partial charge in [0.2, 0.25) is 0 Å². The number of thioether (sulfide) groups is 1. The number of nitro benzene ring substituents is 2. The van der Waals surface area contributed by atoms with Crippen LogP contribution in [0.25, 0.3) is 6.08 Å². The third-order valence-corrected chi connectivity index (χ3v) is 6.16. The molecule has 0 radical (unpaired) electrons. The van der Waals surface area contributed by atoms with Crippen molar-refractivity contribution in [3.63, 3.8) is 0 Å². The molecular formula is C20H20N4O4S2. The fraction of sp³-hybridized carbons (Fsp3) is 0.250. The van der Waals surface area contributed by atoms with Gasteiger partial charge in [0.15, 0.2) is 0 Å². The van der Waals surface area contributed by atoms with Crippen molar-refractivity contribution in [2.24, 2.45) is 0 Å². The Morgan fingerprint density at radius 2 is 1.73 bits per heavy atom. The first-order chi connectivity index (χ1) is 14.4. The lowest BCUT2D eigenvalue weighted by molar-refractivity contribution is -0.396. The van der Waals surface area contributed by atoms with Crippen LogP contribution in [0.2, 0.25) is 0 Å². The van der Waals surface area contributed by atoms with Gasteiger partial charge in [0.25, 0.3) is 11.4 Å². The lowest BCUT2D eigenvalue weighted by Gasteiger charge is -2.35. The summed E-state index contributed by atoms with van der Waals surface area (Å²) in [5.74, 6) is 0. The third-order valence-electron chi connectivity index (χ3n) is 4.65. The highest BCUT2D eigenvalue weighted by Crippen LogP contribution is 2.34. The number of non-ortho nitro benzene ring substituents is 1. The van der Waals surface area contributed by atoms with Crippen molar-refractivity contribution < 1.29 is 9.85 Å². The van der Waals surface area contributed by atoms with Gasteiger partial charge in [0.05, 0.1) is 20.8 Å². The van der Waals surface area contributed by atoms with E-state index in [1.54, 1.807) is 0 Å². The number of benzene rings is 2. The Bertz CT molecular complexity index is 961. The molecule has 8 nitrogen and oxygen atoms in total. The molecule has 1 saturated heterocycles. The van der Waals surface area contributed by atoms with Crippen LogP contribution in [-0.4, -0.2) is 56.7 Å². The van der Waals surface area contributed by atoms with Crippen LogP contribution in [0.4, 0.5) is 11.4 Å². The smallest absolute Gasteiger partial charge is 0.290 e. The van der Waals surface area contributed by atoms with E-state index in [1.807, 2.05) is 23.1 Å². The molecule has 3 rings (SSSR count). The molecule has 0 N–H and O–H groups in total. The Kier molecular flexibility index (Phi) is 7.50. The van der Waals surface area contributed by atoms with E-state index < -0.39 is 9.85 Å². The van der Waals surface area contributed by atoms with Gasteiger partial charge < -0.3 is 4.90 Å². The van der Waals surface area contributed by atoms with Crippen molar-refractivity contribution >= 4 is 45.8 Å². The number of nitrogens with zero attached hydrogens (tertiary/aromatic N) is 4. The fourth-order valence-electron chi connectivity index (χ4n) is 3.02. The summed E-state index contributed by atoms with van der Waals surface area (Å²) < 4.78 is 0.534. The maximum Gasteiger partial charge on any atom is 0.290 e. The minimum absolute atomic E-state index is 0.304. The molecule has 0 aliphatic carbocycles. The number of hydrogen-bond donors (Lipinski definition) is 0. The molecule has 0 aromatic heterocycles. The van der Waals surface area contributed by atoms with Gasteiger partial charge in [-0.3, -0.25) is 25.1 Å². The van der Waals surface area contributed by atoms with E-state index in [-0.39, 0.29) is 11.4 Å². The van der Waals surface area contributed by atoms with E-state index in [4.69, 9.17) is 12.2 Å². The van der Waals surface area contributed by atoms with Gasteiger partial charge in [-0.05, 0) is 11.6 Å². The normalized spacial score (nSPS) is 14.7. The average Bonchev–Trinajstić information content (AvgIpc) is 2.75. The molecule has 1 aliphatic rings. The summed E-state index contributed by atoms with van der Waals surface area (Å²) in [6.07, 6.45) is 4.24. The highest BCUT2D eigenvalue weighted by molar-refractivity contribution is 8.23.